The predicted octanol–water partition coefficient (Wildman–Crippen LogP) is 3.01. The third kappa shape index (κ3) is 5.70. The molecule has 0 unspecified atom stereocenters. The van der Waals surface area contributed by atoms with Gasteiger partial charge in [-0.15, -0.1) is 0 Å². The van der Waals surface area contributed by atoms with Gasteiger partial charge >= 0.3 is 6.09 Å². The lowest BCUT2D eigenvalue weighted by Gasteiger charge is -2.34. The monoisotopic (exact) mass is 375 g/mol. The number of hydrogen-bond donors (Lipinski definition) is 1. The number of carbonyl (C=O) groups excluding carboxylic acids is 2. The number of hydrogen-bond acceptors (Lipinski definition) is 4. The van der Waals surface area contributed by atoms with Crippen LogP contribution in [0.1, 0.15) is 46.1 Å². The third-order valence-electron chi connectivity index (χ3n) is 5.13. The Balaban J connectivity index is 1.99. The molecule has 2 amide bonds. The fraction of sp³-hybridized carbons (Fsp3) is 0.619. The second-order valence-corrected chi connectivity index (χ2v) is 7.88. The van der Waals surface area contributed by atoms with Crippen LogP contribution in [0.5, 0.6) is 0 Å². The molecule has 0 aliphatic carbocycles. The average Bonchev–Trinajstić information content (AvgIpc) is 3.11. The molecule has 1 aromatic carbocycles. The normalized spacial score (nSPS) is 18.0. The average molecular weight is 376 g/mol. The molecular formula is C21H33N3O3. The Labute approximate surface area is 162 Å². The van der Waals surface area contributed by atoms with Gasteiger partial charge < -0.3 is 20.3 Å². The summed E-state index contributed by atoms with van der Waals surface area (Å²) in [6.07, 6.45) is 1.47. The molecule has 6 nitrogen and oxygen atoms in total. The maximum atomic E-state index is 12.7. The van der Waals surface area contributed by atoms with E-state index in [1.165, 1.54) is 0 Å². The lowest BCUT2D eigenvalue weighted by Crippen LogP contribution is -2.52. The lowest BCUT2D eigenvalue weighted by molar-refractivity contribution is -0.134. The number of rotatable bonds is 7. The maximum absolute atomic E-state index is 12.7. The van der Waals surface area contributed by atoms with Crippen LogP contribution in [0.4, 0.5) is 4.79 Å². The molecular weight excluding hydrogens is 342 g/mol. The first kappa shape index (κ1) is 21.2. The molecule has 1 saturated heterocycles. The molecule has 27 heavy (non-hydrogen) atoms. The summed E-state index contributed by atoms with van der Waals surface area (Å²) < 4.78 is 5.50. The molecule has 6 heteroatoms. The van der Waals surface area contributed by atoms with E-state index in [-0.39, 0.29) is 36.6 Å². The minimum absolute atomic E-state index is 0.00558. The first-order chi connectivity index (χ1) is 12.8. The zero-order valence-electron chi connectivity index (χ0n) is 16.9. The van der Waals surface area contributed by atoms with Crippen LogP contribution in [0, 0.1) is 5.92 Å². The van der Waals surface area contributed by atoms with Gasteiger partial charge in [-0.2, -0.15) is 0 Å². The van der Waals surface area contributed by atoms with Crippen LogP contribution < -0.4 is 5.73 Å². The van der Waals surface area contributed by atoms with Crippen molar-refractivity contribution in [2.24, 2.45) is 11.7 Å². The number of nitrogens with zero attached hydrogens (tertiary/aromatic N) is 2. The first-order valence-corrected chi connectivity index (χ1v) is 9.84. The van der Waals surface area contributed by atoms with E-state index in [9.17, 15) is 9.59 Å². The SMILES string of the molecule is CC(C)[C@H](N)C(=O)N1CCC[C@@H]1CN(C(=O)OCc1ccccc1)C(C)C. The Bertz CT molecular complexity index is 618. The zero-order chi connectivity index (χ0) is 20.0. The molecule has 1 heterocycles. The molecule has 0 radical (unpaired) electrons. The minimum Gasteiger partial charge on any atom is -0.445 e. The van der Waals surface area contributed by atoms with E-state index in [1.807, 2.05) is 62.9 Å². The molecule has 2 rings (SSSR count). The predicted molar refractivity (Wildman–Crippen MR) is 106 cm³/mol. The Hall–Kier alpha value is -2.08. The molecule has 1 aliphatic rings. The smallest absolute Gasteiger partial charge is 0.410 e. The Kier molecular flexibility index (Phi) is 7.66. The van der Waals surface area contributed by atoms with E-state index in [1.54, 1.807) is 4.90 Å². The van der Waals surface area contributed by atoms with Crippen molar-refractivity contribution in [1.29, 1.82) is 0 Å². The number of benzene rings is 1. The Morgan fingerprint density at radius 2 is 1.89 bits per heavy atom. The number of amides is 2. The van der Waals surface area contributed by atoms with Crippen LogP contribution in [-0.4, -0.2) is 53.0 Å². The highest BCUT2D eigenvalue weighted by Crippen LogP contribution is 2.22. The quantitative estimate of drug-likeness (QED) is 0.795. The summed E-state index contributed by atoms with van der Waals surface area (Å²) in [5.74, 6) is 0.0737. The number of carbonyl (C=O) groups is 2. The van der Waals surface area contributed by atoms with Crippen LogP contribution in [0.2, 0.25) is 0 Å². The van der Waals surface area contributed by atoms with Crippen LogP contribution >= 0.6 is 0 Å². The molecule has 0 bridgehead atoms. The highest BCUT2D eigenvalue weighted by molar-refractivity contribution is 5.82. The molecule has 0 spiro atoms. The zero-order valence-corrected chi connectivity index (χ0v) is 16.9. The van der Waals surface area contributed by atoms with Crippen LogP contribution in [0.3, 0.4) is 0 Å². The van der Waals surface area contributed by atoms with E-state index in [4.69, 9.17) is 10.5 Å². The molecule has 1 aromatic rings. The van der Waals surface area contributed by atoms with Gasteiger partial charge in [0, 0.05) is 25.2 Å². The van der Waals surface area contributed by atoms with E-state index < -0.39 is 6.04 Å². The summed E-state index contributed by atoms with van der Waals surface area (Å²) in [5.41, 5.74) is 7.02. The van der Waals surface area contributed by atoms with Crippen molar-refractivity contribution in [1.82, 2.24) is 9.80 Å². The van der Waals surface area contributed by atoms with Gasteiger partial charge in [0.1, 0.15) is 6.61 Å². The third-order valence-corrected chi connectivity index (χ3v) is 5.13. The van der Waals surface area contributed by atoms with Crippen molar-refractivity contribution in [2.75, 3.05) is 13.1 Å². The van der Waals surface area contributed by atoms with Crippen molar-refractivity contribution in [3.63, 3.8) is 0 Å². The van der Waals surface area contributed by atoms with E-state index in [0.29, 0.717) is 13.1 Å². The van der Waals surface area contributed by atoms with Gasteiger partial charge in [0.2, 0.25) is 5.91 Å². The molecule has 0 saturated carbocycles. The van der Waals surface area contributed by atoms with Crippen LogP contribution in [0.15, 0.2) is 30.3 Å². The largest absolute Gasteiger partial charge is 0.445 e. The summed E-state index contributed by atoms with van der Waals surface area (Å²) in [4.78, 5) is 28.9. The number of likely N-dealkylation sites (tertiary alicyclic amines) is 1. The van der Waals surface area contributed by atoms with Crippen molar-refractivity contribution in [3.8, 4) is 0 Å². The topological polar surface area (TPSA) is 75.9 Å². The van der Waals surface area contributed by atoms with Crippen LogP contribution in [0.25, 0.3) is 0 Å². The first-order valence-electron chi connectivity index (χ1n) is 9.84. The summed E-state index contributed by atoms with van der Waals surface area (Å²) in [6.45, 7) is 9.25. The standard InChI is InChI=1S/C21H33N3O3/c1-15(2)19(22)20(25)23-12-8-11-18(23)13-24(16(3)4)21(26)27-14-17-9-6-5-7-10-17/h5-7,9-10,15-16,18-19H,8,11-14,22H2,1-4H3/t18-,19+/m1/s1. The van der Waals surface area contributed by atoms with Crippen molar-refractivity contribution in [3.05, 3.63) is 35.9 Å². The minimum atomic E-state index is -0.497. The molecule has 1 fully saturated rings. The Morgan fingerprint density at radius 3 is 2.48 bits per heavy atom. The molecule has 2 atom stereocenters. The molecule has 0 aromatic heterocycles. The molecule has 150 valence electrons. The van der Waals surface area contributed by atoms with Gasteiger partial charge in [-0.05, 0) is 38.2 Å². The second kappa shape index (κ2) is 9.74. The van der Waals surface area contributed by atoms with E-state index in [2.05, 4.69) is 0 Å². The Morgan fingerprint density at radius 1 is 1.22 bits per heavy atom. The summed E-state index contributed by atoms with van der Waals surface area (Å²) in [6, 6.07) is 9.11. The van der Waals surface area contributed by atoms with Crippen molar-refractivity contribution in [2.45, 2.75) is 65.3 Å². The summed E-state index contributed by atoms with van der Waals surface area (Å²) >= 11 is 0. The highest BCUT2D eigenvalue weighted by Gasteiger charge is 2.35. The number of nitrogens with two attached hydrogens (primary N) is 1. The second-order valence-electron chi connectivity index (χ2n) is 7.88. The van der Waals surface area contributed by atoms with Crippen LogP contribution in [-0.2, 0) is 16.1 Å². The van der Waals surface area contributed by atoms with Gasteiger partial charge in [-0.25, -0.2) is 4.79 Å². The fourth-order valence-electron chi connectivity index (χ4n) is 3.32. The van der Waals surface area contributed by atoms with Gasteiger partial charge in [0.05, 0.1) is 6.04 Å². The van der Waals surface area contributed by atoms with Gasteiger partial charge in [0.25, 0.3) is 0 Å². The highest BCUT2D eigenvalue weighted by atomic mass is 16.6. The number of ether oxygens (including phenoxy) is 1. The fourth-order valence-corrected chi connectivity index (χ4v) is 3.32. The summed E-state index contributed by atoms with van der Waals surface area (Å²) in [7, 11) is 0. The summed E-state index contributed by atoms with van der Waals surface area (Å²) in [5, 5.41) is 0. The molecule has 2 N–H and O–H groups in total. The van der Waals surface area contributed by atoms with Gasteiger partial charge in [-0.1, -0.05) is 44.2 Å². The molecule has 1 aliphatic heterocycles. The van der Waals surface area contributed by atoms with E-state index >= 15 is 0 Å². The van der Waals surface area contributed by atoms with Crippen molar-refractivity contribution < 1.29 is 14.3 Å². The van der Waals surface area contributed by atoms with Crippen molar-refractivity contribution >= 4 is 12.0 Å². The van der Waals surface area contributed by atoms with Gasteiger partial charge in [-0.3, -0.25) is 4.79 Å². The van der Waals surface area contributed by atoms with E-state index in [0.717, 1.165) is 18.4 Å². The van der Waals surface area contributed by atoms with Gasteiger partial charge in [0.15, 0.2) is 0 Å². The lowest BCUT2D eigenvalue weighted by atomic mass is 10.0. The maximum Gasteiger partial charge on any atom is 0.410 e.